The summed E-state index contributed by atoms with van der Waals surface area (Å²) in [5.74, 6) is 1.14. The fourth-order valence-electron chi connectivity index (χ4n) is 3.11. The molecule has 1 fully saturated rings. The number of rotatable bonds is 6. The molecule has 0 spiro atoms. The third kappa shape index (κ3) is 4.04. The Morgan fingerprint density at radius 3 is 2.65 bits per heavy atom. The highest BCUT2D eigenvalue weighted by atomic mass is 16.5. The van der Waals surface area contributed by atoms with E-state index in [2.05, 4.69) is 15.3 Å². The van der Waals surface area contributed by atoms with Gasteiger partial charge >= 0.3 is 0 Å². The Bertz CT molecular complexity index is 775. The van der Waals surface area contributed by atoms with Crippen LogP contribution in [0.3, 0.4) is 0 Å². The SMILES string of the molecule is COc1cc(C(C)NC(=O)c2nccnc2N)ccc1OC1CCCC1. The zero-order chi connectivity index (χ0) is 18.5. The number of methoxy groups -OCH3 is 1. The van der Waals surface area contributed by atoms with Crippen molar-refractivity contribution in [2.75, 3.05) is 12.8 Å². The topological polar surface area (TPSA) is 99.4 Å². The van der Waals surface area contributed by atoms with Gasteiger partial charge in [-0.1, -0.05) is 6.07 Å². The van der Waals surface area contributed by atoms with Gasteiger partial charge in [-0.05, 0) is 50.3 Å². The van der Waals surface area contributed by atoms with E-state index in [1.54, 1.807) is 7.11 Å². The highest BCUT2D eigenvalue weighted by Crippen LogP contribution is 2.33. The number of nitrogen functional groups attached to an aromatic ring is 1. The molecule has 0 saturated heterocycles. The quantitative estimate of drug-likeness (QED) is 0.826. The molecule has 26 heavy (non-hydrogen) atoms. The summed E-state index contributed by atoms with van der Waals surface area (Å²) in [6.45, 7) is 1.89. The van der Waals surface area contributed by atoms with Crippen LogP contribution in [-0.4, -0.2) is 29.1 Å². The van der Waals surface area contributed by atoms with Gasteiger partial charge < -0.3 is 20.5 Å². The maximum Gasteiger partial charge on any atom is 0.274 e. The molecule has 1 aliphatic carbocycles. The second kappa shape index (κ2) is 8.03. The number of hydrogen-bond donors (Lipinski definition) is 2. The van der Waals surface area contributed by atoms with Crippen LogP contribution in [-0.2, 0) is 0 Å². The first kappa shape index (κ1) is 18.0. The monoisotopic (exact) mass is 356 g/mol. The summed E-state index contributed by atoms with van der Waals surface area (Å²) in [7, 11) is 1.62. The van der Waals surface area contributed by atoms with Crippen molar-refractivity contribution in [1.29, 1.82) is 0 Å². The average molecular weight is 356 g/mol. The van der Waals surface area contributed by atoms with Crippen molar-refractivity contribution in [2.24, 2.45) is 0 Å². The van der Waals surface area contributed by atoms with Crippen molar-refractivity contribution in [3.05, 3.63) is 41.9 Å². The van der Waals surface area contributed by atoms with Gasteiger partial charge in [-0.15, -0.1) is 0 Å². The average Bonchev–Trinajstić information content (AvgIpc) is 3.15. The van der Waals surface area contributed by atoms with Gasteiger partial charge in [0, 0.05) is 12.4 Å². The molecule has 3 N–H and O–H groups in total. The predicted octanol–water partition coefficient (Wildman–Crippen LogP) is 2.88. The molecular weight excluding hydrogens is 332 g/mol. The van der Waals surface area contributed by atoms with Gasteiger partial charge in [0.25, 0.3) is 5.91 Å². The lowest BCUT2D eigenvalue weighted by atomic mass is 10.1. The largest absolute Gasteiger partial charge is 0.493 e. The Labute approximate surface area is 152 Å². The number of ether oxygens (including phenoxy) is 2. The number of nitrogens with zero attached hydrogens (tertiary/aromatic N) is 2. The van der Waals surface area contributed by atoms with E-state index in [9.17, 15) is 4.79 Å². The number of hydrogen-bond acceptors (Lipinski definition) is 6. The van der Waals surface area contributed by atoms with Crippen molar-refractivity contribution in [3.63, 3.8) is 0 Å². The van der Waals surface area contributed by atoms with Crippen LogP contribution >= 0.6 is 0 Å². The summed E-state index contributed by atoms with van der Waals surface area (Å²) in [4.78, 5) is 20.2. The molecule has 1 aromatic carbocycles. The van der Waals surface area contributed by atoms with Crippen LogP contribution in [0.15, 0.2) is 30.6 Å². The molecular formula is C19H24N4O3. The van der Waals surface area contributed by atoms with Crippen LogP contribution in [0, 0.1) is 0 Å². The number of benzene rings is 1. The Morgan fingerprint density at radius 2 is 1.96 bits per heavy atom. The summed E-state index contributed by atoms with van der Waals surface area (Å²) in [5.41, 5.74) is 6.73. The molecule has 7 heteroatoms. The maximum atomic E-state index is 12.4. The summed E-state index contributed by atoms with van der Waals surface area (Å²) in [6.07, 6.45) is 7.72. The van der Waals surface area contributed by atoms with Crippen molar-refractivity contribution in [3.8, 4) is 11.5 Å². The minimum atomic E-state index is -0.367. The molecule has 1 amide bonds. The Hall–Kier alpha value is -2.83. The fraction of sp³-hybridized carbons (Fsp3) is 0.421. The van der Waals surface area contributed by atoms with Crippen LogP contribution in [0.25, 0.3) is 0 Å². The van der Waals surface area contributed by atoms with Crippen LogP contribution in [0.4, 0.5) is 5.82 Å². The lowest BCUT2D eigenvalue weighted by molar-refractivity contribution is 0.0935. The zero-order valence-electron chi connectivity index (χ0n) is 15.1. The van der Waals surface area contributed by atoms with Gasteiger partial charge in [-0.3, -0.25) is 4.79 Å². The van der Waals surface area contributed by atoms with Crippen LogP contribution < -0.4 is 20.5 Å². The summed E-state index contributed by atoms with van der Waals surface area (Å²) in [5, 5.41) is 2.88. The molecule has 1 unspecified atom stereocenters. The molecule has 0 aliphatic heterocycles. The first-order valence-corrected chi connectivity index (χ1v) is 8.80. The van der Waals surface area contributed by atoms with Gasteiger partial charge in [0.2, 0.25) is 0 Å². The maximum absolute atomic E-state index is 12.4. The van der Waals surface area contributed by atoms with Crippen LogP contribution in [0.5, 0.6) is 11.5 Å². The normalized spacial score (nSPS) is 15.5. The van der Waals surface area contributed by atoms with Crippen LogP contribution in [0.1, 0.15) is 54.7 Å². The number of aromatic nitrogens is 2. The van der Waals surface area contributed by atoms with E-state index in [1.165, 1.54) is 25.2 Å². The molecule has 3 rings (SSSR count). The number of carbonyl (C=O) groups is 1. The minimum Gasteiger partial charge on any atom is -0.493 e. The third-order valence-electron chi connectivity index (χ3n) is 4.57. The van der Waals surface area contributed by atoms with E-state index < -0.39 is 0 Å². The molecule has 1 atom stereocenters. The van der Waals surface area contributed by atoms with Gasteiger partial charge in [0.15, 0.2) is 23.0 Å². The van der Waals surface area contributed by atoms with Crippen molar-refractivity contribution in [1.82, 2.24) is 15.3 Å². The highest BCUT2D eigenvalue weighted by Gasteiger charge is 2.20. The predicted molar refractivity (Wildman–Crippen MR) is 98.2 cm³/mol. The van der Waals surface area contributed by atoms with Crippen molar-refractivity contribution < 1.29 is 14.3 Å². The molecule has 1 saturated carbocycles. The molecule has 7 nitrogen and oxygen atoms in total. The van der Waals surface area contributed by atoms with E-state index in [1.807, 2.05) is 25.1 Å². The molecule has 1 heterocycles. The molecule has 1 aromatic heterocycles. The van der Waals surface area contributed by atoms with E-state index >= 15 is 0 Å². The number of amides is 1. The Balaban J connectivity index is 1.71. The highest BCUT2D eigenvalue weighted by molar-refractivity contribution is 5.96. The standard InChI is InChI=1S/C19H24N4O3/c1-12(23-19(24)17-18(20)22-10-9-21-17)13-7-8-15(16(11-13)25-2)26-14-5-3-4-6-14/h7-12,14H,3-6H2,1-2H3,(H2,20,22)(H,23,24). The molecule has 1 aliphatic rings. The van der Waals surface area contributed by atoms with Gasteiger partial charge in [0.1, 0.15) is 0 Å². The number of anilines is 1. The molecule has 0 bridgehead atoms. The number of carbonyl (C=O) groups excluding carboxylic acids is 1. The first-order valence-electron chi connectivity index (χ1n) is 8.80. The fourth-order valence-corrected chi connectivity index (χ4v) is 3.11. The molecule has 138 valence electrons. The lowest BCUT2D eigenvalue weighted by Crippen LogP contribution is -2.28. The van der Waals surface area contributed by atoms with E-state index in [4.69, 9.17) is 15.2 Å². The molecule has 0 radical (unpaired) electrons. The second-order valence-electron chi connectivity index (χ2n) is 6.42. The van der Waals surface area contributed by atoms with Crippen LogP contribution in [0.2, 0.25) is 0 Å². The number of nitrogens with one attached hydrogen (secondary N) is 1. The van der Waals surface area contributed by atoms with Gasteiger partial charge in [0.05, 0.1) is 19.3 Å². The first-order chi connectivity index (χ1) is 12.6. The summed E-state index contributed by atoms with van der Waals surface area (Å²) >= 11 is 0. The third-order valence-corrected chi connectivity index (χ3v) is 4.57. The summed E-state index contributed by atoms with van der Waals surface area (Å²) < 4.78 is 11.5. The Kier molecular flexibility index (Phi) is 5.55. The number of nitrogens with two attached hydrogens (primary N) is 1. The van der Waals surface area contributed by atoms with Gasteiger partial charge in [-0.2, -0.15) is 0 Å². The van der Waals surface area contributed by atoms with Crippen molar-refractivity contribution in [2.45, 2.75) is 44.8 Å². The van der Waals surface area contributed by atoms with Crippen molar-refractivity contribution >= 4 is 11.7 Å². The van der Waals surface area contributed by atoms with E-state index in [-0.39, 0.29) is 29.6 Å². The van der Waals surface area contributed by atoms with E-state index in [0.717, 1.165) is 24.2 Å². The lowest BCUT2D eigenvalue weighted by Gasteiger charge is -2.19. The van der Waals surface area contributed by atoms with E-state index in [0.29, 0.717) is 5.75 Å². The smallest absolute Gasteiger partial charge is 0.274 e. The Morgan fingerprint density at radius 1 is 1.23 bits per heavy atom. The zero-order valence-corrected chi connectivity index (χ0v) is 15.1. The van der Waals surface area contributed by atoms with Gasteiger partial charge in [-0.25, -0.2) is 9.97 Å². The molecule has 2 aromatic rings. The summed E-state index contributed by atoms with van der Waals surface area (Å²) in [6, 6.07) is 5.46. The minimum absolute atomic E-state index is 0.107. The second-order valence-corrected chi connectivity index (χ2v) is 6.42.